The Hall–Kier alpha value is -1.91. The molecule has 4 aliphatic rings. The zero-order valence-corrected chi connectivity index (χ0v) is 15.4. The van der Waals surface area contributed by atoms with E-state index in [1.165, 1.54) is 37.1 Å². The Morgan fingerprint density at radius 1 is 1.08 bits per heavy atom. The van der Waals surface area contributed by atoms with Crippen molar-refractivity contribution in [3.05, 3.63) is 59.9 Å². The van der Waals surface area contributed by atoms with Crippen LogP contribution in [-0.2, 0) is 6.54 Å². The zero-order chi connectivity index (χ0) is 17.5. The van der Waals surface area contributed by atoms with Gasteiger partial charge in [0.05, 0.1) is 7.11 Å². The van der Waals surface area contributed by atoms with Gasteiger partial charge in [0.25, 0.3) is 0 Å². The van der Waals surface area contributed by atoms with E-state index < -0.39 is 0 Å². The van der Waals surface area contributed by atoms with E-state index in [0.29, 0.717) is 18.0 Å². The van der Waals surface area contributed by atoms with Gasteiger partial charge >= 0.3 is 0 Å². The lowest BCUT2D eigenvalue weighted by Gasteiger charge is -2.51. The Bertz CT molecular complexity index is 757. The van der Waals surface area contributed by atoms with Crippen LogP contribution in [0, 0.1) is 5.92 Å². The van der Waals surface area contributed by atoms with Crippen molar-refractivity contribution >= 4 is 0 Å². The van der Waals surface area contributed by atoms with Crippen LogP contribution >= 0.6 is 0 Å². The number of pyridine rings is 1. The van der Waals surface area contributed by atoms with Crippen molar-refractivity contribution in [3.8, 4) is 5.75 Å². The third-order valence-corrected chi connectivity index (χ3v) is 6.75. The molecule has 4 fully saturated rings. The van der Waals surface area contributed by atoms with Gasteiger partial charge in [-0.05, 0) is 67.2 Å². The van der Waals surface area contributed by atoms with Crippen LogP contribution in [0.25, 0.3) is 0 Å². The van der Waals surface area contributed by atoms with E-state index in [2.05, 4.69) is 51.2 Å². The van der Waals surface area contributed by atoms with Gasteiger partial charge < -0.3 is 4.74 Å². The average Bonchev–Trinajstić information content (AvgIpc) is 3.11. The van der Waals surface area contributed by atoms with Crippen molar-refractivity contribution in [3.63, 3.8) is 0 Å². The molecule has 5 heterocycles. The summed E-state index contributed by atoms with van der Waals surface area (Å²) in [7, 11) is 1.76. The number of likely N-dealkylation sites (tertiary alicyclic amines) is 1. The number of benzene rings is 1. The maximum Gasteiger partial charge on any atom is 0.119 e. The molecule has 4 nitrogen and oxygen atoms in total. The molecule has 136 valence electrons. The highest BCUT2D eigenvalue weighted by atomic mass is 16.5. The van der Waals surface area contributed by atoms with E-state index in [9.17, 15) is 0 Å². The summed E-state index contributed by atoms with van der Waals surface area (Å²) in [6.45, 7) is 4.72. The molecule has 6 rings (SSSR count). The van der Waals surface area contributed by atoms with Gasteiger partial charge in [0, 0.05) is 43.5 Å². The number of aromatic nitrogens is 1. The van der Waals surface area contributed by atoms with Gasteiger partial charge in [0.1, 0.15) is 5.75 Å². The number of hydrogen-bond acceptors (Lipinski definition) is 4. The number of rotatable bonds is 4. The molecule has 1 aromatic carbocycles. The third-order valence-electron chi connectivity index (χ3n) is 6.75. The normalized spacial score (nSPS) is 33.2. The van der Waals surface area contributed by atoms with Gasteiger partial charge in [-0.2, -0.15) is 0 Å². The van der Waals surface area contributed by atoms with Gasteiger partial charge in [-0.3, -0.25) is 14.8 Å². The van der Waals surface area contributed by atoms with Crippen molar-refractivity contribution in [1.82, 2.24) is 14.8 Å². The predicted molar refractivity (Wildman–Crippen MR) is 102 cm³/mol. The van der Waals surface area contributed by atoms with Crippen LogP contribution in [0.1, 0.15) is 29.9 Å². The van der Waals surface area contributed by atoms with Gasteiger partial charge in [0.2, 0.25) is 0 Å². The van der Waals surface area contributed by atoms with Crippen molar-refractivity contribution < 1.29 is 4.74 Å². The molecule has 0 unspecified atom stereocenters. The molecule has 0 spiro atoms. The van der Waals surface area contributed by atoms with Gasteiger partial charge in [-0.15, -0.1) is 0 Å². The van der Waals surface area contributed by atoms with Crippen molar-refractivity contribution in [2.45, 2.75) is 37.4 Å². The fourth-order valence-corrected chi connectivity index (χ4v) is 5.61. The maximum absolute atomic E-state index is 5.50. The maximum atomic E-state index is 5.50. The van der Waals surface area contributed by atoms with E-state index in [0.717, 1.165) is 24.8 Å². The molecule has 4 saturated heterocycles. The van der Waals surface area contributed by atoms with Crippen LogP contribution in [0.2, 0.25) is 0 Å². The number of methoxy groups -OCH3 is 1. The Balaban J connectivity index is 1.48. The first-order chi connectivity index (χ1) is 12.8. The summed E-state index contributed by atoms with van der Waals surface area (Å²) in [4.78, 5) is 9.70. The molecule has 0 aliphatic carbocycles. The first kappa shape index (κ1) is 16.3. The zero-order valence-electron chi connectivity index (χ0n) is 15.4. The smallest absolute Gasteiger partial charge is 0.119 e. The number of fused-ring (bicyclic) bond motifs is 2. The number of hydrogen-bond donors (Lipinski definition) is 0. The summed E-state index contributed by atoms with van der Waals surface area (Å²) in [6, 6.07) is 14.4. The summed E-state index contributed by atoms with van der Waals surface area (Å²) in [5.41, 5.74) is 2.81. The van der Waals surface area contributed by atoms with E-state index in [-0.39, 0.29) is 0 Å². The lowest BCUT2D eigenvalue weighted by molar-refractivity contribution is -0.00870. The molecule has 2 aromatic rings. The molecule has 0 saturated carbocycles. The van der Waals surface area contributed by atoms with Crippen LogP contribution < -0.4 is 4.74 Å². The molecular formula is C22H27N3O. The van der Waals surface area contributed by atoms with Crippen LogP contribution in [0.3, 0.4) is 0 Å². The molecule has 1 aromatic heterocycles. The number of piperidine rings is 3. The van der Waals surface area contributed by atoms with E-state index in [1.807, 2.05) is 12.4 Å². The Labute approximate surface area is 155 Å². The minimum Gasteiger partial charge on any atom is -0.497 e. The monoisotopic (exact) mass is 349 g/mol. The third kappa shape index (κ3) is 2.72. The highest BCUT2D eigenvalue weighted by Crippen LogP contribution is 2.47. The quantitative estimate of drug-likeness (QED) is 0.848. The minimum absolute atomic E-state index is 0.569. The highest BCUT2D eigenvalue weighted by Gasteiger charge is 2.53. The molecule has 0 amide bonds. The van der Waals surface area contributed by atoms with Crippen molar-refractivity contribution in [1.29, 1.82) is 0 Å². The summed E-state index contributed by atoms with van der Waals surface area (Å²) in [6.07, 6.45) is 6.55. The lowest BCUT2D eigenvalue weighted by Crippen LogP contribution is -2.59. The fraction of sp³-hybridized carbons (Fsp3) is 0.500. The Morgan fingerprint density at radius 3 is 2.65 bits per heavy atom. The van der Waals surface area contributed by atoms with Crippen molar-refractivity contribution in [2.24, 2.45) is 5.92 Å². The topological polar surface area (TPSA) is 28.6 Å². The van der Waals surface area contributed by atoms with Crippen molar-refractivity contribution in [2.75, 3.05) is 26.7 Å². The Morgan fingerprint density at radius 2 is 1.88 bits per heavy atom. The molecule has 4 aliphatic heterocycles. The summed E-state index contributed by atoms with van der Waals surface area (Å²) >= 11 is 0. The molecule has 0 radical (unpaired) electrons. The number of ether oxygens (including phenoxy) is 1. The second-order valence-corrected chi connectivity index (χ2v) is 8.02. The molecule has 26 heavy (non-hydrogen) atoms. The second kappa shape index (κ2) is 6.67. The largest absolute Gasteiger partial charge is 0.497 e. The summed E-state index contributed by atoms with van der Waals surface area (Å²) < 4.78 is 5.50. The van der Waals surface area contributed by atoms with Crippen LogP contribution in [0.15, 0.2) is 48.8 Å². The van der Waals surface area contributed by atoms with Crippen LogP contribution in [0.5, 0.6) is 5.75 Å². The van der Waals surface area contributed by atoms with Gasteiger partial charge in [-0.1, -0.05) is 12.1 Å². The first-order valence-corrected chi connectivity index (χ1v) is 9.84. The fourth-order valence-electron chi connectivity index (χ4n) is 5.61. The van der Waals surface area contributed by atoms with E-state index >= 15 is 0 Å². The van der Waals surface area contributed by atoms with E-state index in [4.69, 9.17) is 4.74 Å². The predicted octanol–water partition coefficient (Wildman–Crippen LogP) is 3.15. The summed E-state index contributed by atoms with van der Waals surface area (Å²) in [5.74, 6) is 2.39. The number of nitrogens with zero attached hydrogens (tertiary/aromatic N) is 3. The average molecular weight is 349 g/mol. The van der Waals surface area contributed by atoms with Crippen LogP contribution in [-0.4, -0.2) is 53.6 Å². The van der Waals surface area contributed by atoms with E-state index in [1.54, 1.807) is 7.11 Å². The Kier molecular flexibility index (Phi) is 4.18. The SMILES string of the molecule is COc1cccc([C@@H]2CN(Cc3ccncc3)[C@H]3C4CCN(CC4)[C@@H]23)c1. The lowest BCUT2D eigenvalue weighted by atomic mass is 9.75. The highest BCUT2D eigenvalue weighted by molar-refractivity contribution is 5.34. The molecule has 4 heteroatoms. The van der Waals surface area contributed by atoms with Gasteiger partial charge in [-0.25, -0.2) is 0 Å². The second-order valence-electron chi connectivity index (χ2n) is 8.02. The van der Waals surface area contributed by atoms with Gasteiger partial charge in [0.15, 0.2) is 0 Å². The minimum atomic E-state index is 0.569. The first-order valence-electron chi connectivity index (χ1n) is 9.84. The standard InChI is InChI=1S/C22H27N3O/c1-26-19-4-2-3-18(13-19)20-15-25(14-16-5-9-23-10-6-16)21-17-7-11-24(12-8-17)22(20)21/h2-6,9-10,13,17,20-22H,7-8,11-12,14-15H2,1H3/t20-,21-,22-/m0/s1. The molecular weight excluding hydrogens is 322 g/mol. The van der Waals surface area contributed by atoms with Crippen LogP contribution in [0.4, 0.5) is 0 Å². The molecule has 0 N–H and O–H groups in total. The molecule has 2 bridgehead atoms. The summed E-state index contributed by atoms with van der Waals surface area (Å²) in [5, 5.41) is 0. The molecule has 3 atom stereocenters.